The number of carbonyl (C=O) groups is 1. The van der Waals surface area contributed by atoms with Crippen molar-refractivity contribution in [3.8, 4) is 6.07 Å². The largest absolute Gasteiger partial charge is 0.478 e. The predicted molar refractivity (Wildman–Crippen MR) is 75.8 cm³/mol. The highest BCUT2D eigenvalue weighted by Crippen LogP contribution is 2.45. The number of aryl methyl sites for hydroxylation is 1. The van der Waals surface area contributed by atoms with Crippen LogP contribution in [0.1, 0.15) is 35.6 Å². The third kappa shape index (κ3) is 2.05. The zero-order valence-corrected chi connectivity index (χ0v) is 12.1. The Kier molecular flexibility index (Phi) is 3.36. The topological polar surface area (TPSA) is 76.1 Å². The summed E-state index contributed by atoms with van der Waals surface area (Å²) in [5, 5.41) is 11.5. The number of ketones is 1. The second kappa shape index (κ2) is 5.04. The maximum absolute atomic E-state index is 12.3. The van der Waals surface area contributed by atoms with E-state index in [1.165, 1.54) is 0 Å². The molecule has 2 aliphatic rings. The van der Waals surface area contributed by atoms with Crippen LogP contribution in [0.25, 0.3) is 0 Å². The SMILES string of the molecule is Cc1csc(C2C3=C(CCCC3=O)OC(N)C2C#N)c1. The van der Waals surface area contributed by atoms with E-state index in [-0.39, 0.29) is 11.7 Å². The van der Waals surface area contributed by atoms with Crippen LogP contribution in [0.3, 0.4) is 0 Å². The van der Waals surface area contributed by atoms with Gasteiger partial charge in [0.25, 0.3) is 0 Å². The van der Waals surface area contributed by atoms with E-state index in [9.17, 15) is 10.1 Å². The fraction of sp³-hybridized carbons (Fsp3) is 0.467. The second-order valence-corrected chi connectivity index (χ2v) is 6.30. The first kappa shape index (κ1) is 13.3. The van der Waals surface area contributed by atoms with Gasteiger partial charge >= 0.3 is 0 Å². The maximum atomic E-state index is 12.3. The number of rotatable bonds is 1. The van der Waals surface area contributed by atoms with Crippen LogP contribution < -0.4 is 5.73 Å². The Labute approximate surface area is 121 Å². The van der Waals surface area contributed by atoms with Crippen LogP contribution >= 0.6 is 11.3 Å². The number of nitrogens with two attached hydrogens (primary N) is 1. The van der Waals surface area contributed by atoms with E-state index >= 15 is 0 Å². The van der Waals surface area contributed by atoms with Crippen LogP contribution in [-0.4, -0.2) is 12.0 Å². The molecule has 0 bridgehead atoms. The second-order valence-electron chi connectivity index (χ2n) is 5.36. The van der Waals surface area contributed by atoms with Crippen LogP contribution in [0.4, 0.5) is 0 Å². The molecule has 0 amide bonds. The molecule has 5 heteroatoms. The molecule has 3 unspecified atom stereocenters. The first-order valence-corrected chi connectivity index (χ1v) is 7.63. The van der Waals surface area contributed by atoms with E-state index in [0.717, 1.165) is 23.3 Å². The molecule has 0 saturated heterocycles. The van der Waals surface area contributed by atoms with Crippen molar-refractivity contribution in [3.63, 3.8) is 0 Å². The van der Waals surface area contributed by atoms with Crippen LogP contribution in [0.5, 0.6) is 0 Å². The van der Waals surface area contributed by atoms with E-state index in [1.807, 2.05) is 18.4 Å². The summed E-state index contributed by atoms with van der Waals surface area (Å²) in [4.78, 5) is 13.3. The van der Waals surface area contributed by atoms with Crippen molar-refractivity contribution in [2.45, 2.75) is 38.3 Å². The van der Waals surface area contributed by atoms with Crippen LogP contribution in [0, 0.1) is 24.2 Å². The minimum atomic E-state index is -0.656. The number of hydrogen-bond acceptors (Lipinski definition) is 5. The molecule has 0 radical (unpaired) electrons. The van der Waals surface area contributed by atoms with Crippen molar-refractivity contribution in [1.29, 1.82) is 5.26 Å². The third-order valence-corrected chi connectivity index (χ3v) is 5.05. The predicted octanol–water partition coefficient (Wildman–Crippen LogP) is 2.60. The van der Waals surface area contributed by atoms with Gasteiger partial charge in [0.1, 0.15) is 11.7 Å². The summed E-state index contributed by atoms with van der Waals surface area (Å²) in [5.41, 5.74) is 7.82. The van der Waals surface area contributed by atoms with E-state index in [1.54, 1.807) is 11.3 Å². The molecule has 2 heterocycles. The van der Waals surface area contributed by atoms with Gasteiger partial charge in [-0.25, -0.2) is 0 Å². The molecular weight excluding hydrogens is 272 g/mol. The van der Waals surface area contributed by atoms with E-state index in [2.05, 4.69) is 6.07 Å². The van der Waals surface area contributed by atoms with Gasteiger partial charge in [-0.2, -0.15) is 5.26 Å². The van der Waals surface area contributed by atoms with Crippen molar-refractivity contribution < 1.29 is 9.53 Å². The summed E-state index contributed by atoms with van der Waals surface area (Å²) in [6.45, 7) is 2.01. The van der Waals surface area contributed by atoms with Gasteiger partial charge in [-0.1, -0.05) is 0 Å². The van der Waals surface area contributed by atoms with Crippen molar-refractivity contribution in [2.24, 2.45) is 11.7 Å². The lowest BCUT2D eigenvalue weighted by molar-refractivity contribution is -0.117. The Balaban J connectivity index is 2.14. The molecule has 3 rings (SSSR count). The van der Waals surface area contributed by atoms with E-state index < -0.39 is 12.1 Å². The lowest BCUT2D eigenvalue weighted by Gasteiger charge is -2.37. The summed E-state index contributed by atoms with van der Waals surface area (Å²) in [6, 6.07) is 4.28. The fourth-order valence-corrected chi connectivity index (χ4v) is 4.05. The van der Waals surface area contributed by atoms with Gasteiger partial charge in [-0.15, -0.1) is 11.3 Å². The molecule has 2 N–H and O–H groups in total. The van der Waals surface area contributed by atoms with E-state index in [0.29, 0.717) is 17.8 Å². The van der Waals surface area contributed by atoms with Gasteiger partial charge in [0.15, 0.2) is 12.0 Å². The van der Waals surface area contributed by atoms with Gasteiger partial charge in [-0.05, 0) is 30.4 Å². The number of ether oxygens (including phenoxy) is 1. The number of nitrogens with zero attached hydrogens (tertiary/aromatic N) is 1. The van der Waals surface area contributed by atoms with Gasteiger partial charge in [0, 0.05) is 29.2 Å². The normalized spacial score (nSPS) is 29.6. The Morgan fingerprint density at radius 1 is 1.50 bits per heavy atom. The first-order chi connectivity index (χ1) is 9.61. The molecule has 0 fully saturated rings. The zero-order chi connectivity index (χ0) is 14.3. The van der Waals surface area contributed by atoms with Crippen molar-refractivity contribution in [1.82, 2.24) is 0 Å². The average Bonchev–Trinajstić information content (AvgIpc) is 2.84. The number of hydrogen-bond donors (Lipinski definition) is 1. The van der Waals surface area contributed by atoms with Crippen LogP contribution in [0.15, 0.2) is 22.8 Å². The monoisotopic (exact) mass is 288 g/mol. The number of allylic oxidation sites excluding steroid dienone is 2. The Bertz CT molecular complexity index is 626. The Hall–Kier alpha value is -1.64. The molecule has 20 heavy (non-hydrogen) atoms. The summed E-state index contributed by atoms with van der Waals surface area (Å²) >= 11 is 1.59. The standard InChI is InChI=1S/C15H16N2O2S/c1-8-5-12(20-7-8)13-9(6-16)15(17)19-11-4-2-3-10(18)14(11)13/h5,7,9,13,15H,2-4,17H2,1H3. The summed E-state index contributed by atoms with van der Waals surface area (Å²) in [5.74, 6) is 0.0739. The smallest absolute Gasteiger partial charge is 0.164 e. The number of nitriles is 1. The van der Waals surface area contributed by atoms with Gasteiger partial charge < -0.3 is 4.74 Å². The molecule has 3 atom stereocenters. The average molecular weight is 288 g/mol. The van der Waals surface area contributed by atoms with Crippen LogP contribution in [0.2, 0.25) is 0 Å². The van der Waals surface area contributed by atoms with Crippen molar-refractivity contribution in [2.75, 3.05) is 0 Å². The molecular formula is C15H16N2O2S. The summed E-state index contributed by atoms with van der Waals surface area (Å²) < 4.78 is 5.64. The molecule has 104 valence electrons. The molecule has 0 spiro atoms. The first-order valence-electron chi connectivity index (χ1n) is 6.75. The van der Waals surface area contributed by atoms with Gasteiger partial charge in [0.05, 0.1) is 6.07 Å². The van der Waals surface area contributed by atoms with Gasteiger partial charge in [0.2, 0.25) is 0 Å². The molecule has 4 nitrogen and oxygen atoms in total. The highest BCUT2D eigenvalue weighted by molar-refractivity contribution is 7.10. The van der Waals surface area contributed by atoms with Crippen molar-refractivity contribution >= 4 is 17.1 Å². The maximum Gasteiger partial charge on any atom is 0.164 e. The van der Waals surface area contributed by atoms with Crippen molar-refractivity contribution in [3.05, 3.63) is 33.2 Å². The summed E-state index contributed by atoms with van der Waals surface area (Å²) in [6.07, 6.45) is 1.43. The lowest BCUT2D eigenvalue weighted by atomic mass is 9.76. The van der Waals surface area contributed by atoms with Gasteiger partial charge in [-0.3, -0.25) is 10.5 Å². The highest BCUT2D eigenvalue weighted by Gasteiger charge is 2.43. The fourth-order valence-electron chi connectivity index (χ4n) is 2.99. The Morgan fingerprint density at radius 3 is 2.95 bits per heavy atom. The molecule has 1 aromatic heterocycles. The number of Topliss-reactive ketones (excluding diaryl/α,β-unsaturated/α-hetero) is 1. The number of carbonyl (C=O) groups excluding carboxylic acids is 1. The lowest BCUT2D eigenvalue weighted by Crippen LogP contribution is -2.42. The van der Waals surface area contributed by atoms with E-state index in [4.69, 9.17) is 10.5 Å². The highest BCUT2D eigenvalue weighted by atomic mass is 32.1. The van der Waals surface area contributed by atoms with Crippen LogP contribution in [-0.2, 0) is 9.53 Å². The quantitative estimate of drug-likeness (QED) is 0.861. The molecule has 1 aliphatic carbocycles. The molecule has 0 saturated carbocycles. The minimum Gasteiger partial charge on any atom is -0.478 e. The Morgan fingerprint density at radius 2 is 2.30 bits per heavy atom. The summed E-state index contributed by atoms with van der Waals surface area (Å²) in [7, 11) is 0. The third-order valence-electron chi connectivity index (χ3n) is 3.92. The molecule has 0 aromatic carbocycles. The number of thiophene rings is 1. The molecule has 1 aliphatic heterocycles. The zero-order valence-electron chi connectivity index (χ0n) is 11.3. The minimum absolute atomic E-state index is 0.106. The molecule has 1 aromatic rings.